The Morgan fingerprint density at radius 1 is 1.17 bits per heavy atom. The van der Waals surface area contributed by atoms with Gasteiger partial charge in [0.1, 0.15) is 11.4 Å². The van der Waals surface area contributed by atoms with E-state index in [0.29, 0.717) is 12.4 Å². The first kappa shape index (κ1) is 13.9. The molecule has 18 heavy (non-hydrogen) atoms. The summed E-state index contributed by atoms with van der Waals surface area (Å²) in [5.41, 5.74) is 1.35. The van der Waals surface area contributed by atoms with E-state index in [0.717, 1.165) is 32.1 Å². The molecule has 0 spiro atoms. The van der Waals surface area contributed by atoms with Crippen LogP contribution in [0.5, 0.6) is 0 Å². The van der Waals surface area contributed by atoms with Gasteiger partial charge in [0.05, 0.1) is 12.0 Å². The Kier molecular flexibility index (Phi) is 4.36. The molecule has 0 aromatic rings. The lowest BCUT2D eigenvalue weighted by Crippen LogP contribution is -2.44. The predicted octanol–water partition coefficient (Wildman–Crippen LogP) is 3.21. The van der Waals surface area contributed by atoms with Crippen LogP contribution in [0.3, 0.4) is 0 Å². The standard InChI is InChI=1S/C14H24O3S/c1-14(9-5-6-10-18(14,15)16)12-17-11-13-7-3-2-4-8-13/h11H,2-10,12H2,1H3. The normalized spacial score (nSPS) is 31.9. The van der Waals surface area contributed by atoms with Gasteiger partial charge >= 0.3 is 0 Å². The summed E-state index contributed by atoms with van der Waals surface area (Å²) in [6, 6.07) is 0. The van der Waals surface area contributed by atoms with Crippen molar-refractivity contribution < 1.29 is 13.2 Å². The zero-order chi connectivity index (χ0) is 13.1. The van der Waals surface area contributed by atoms with Crippen molar-refractivity contribution in [2.24, 2.45) is 0 Å². The Morgan fingerprint density at radius 3 is 2.56 bits per heavy atom. The van der Waals surface area contributed by atoms with Crippen molar-refractivity contribution in [3.05, 3.63) is 11.8 Å². The lowest BCUT2D eigenvalue weighted by atomic mass is 9.96. The van der Waals surface area contributed by atoms with Crippen LogP contribution in [0.15, 0.2) is 11.8 Å². The van der Waals surface area contributed by atoms with E-state index >= 15 is 0 Å². The third-order valence-electron chi connectivity index (χ3n) is 4.25. The van der Waals surface area contributed by atoms with E-state index in [2.05, 4.69) is 0 Å². The summed E-state index contributed by atoms with van der Waals surface area (Å²) in [5.74, 6) is 0.323. The van der Waals surface area contributed by atoms with Crippen molar-refractivity contribution >= 4 is 9.84 Å². The minimum absolute atomic E-state index is 0.318. The summed E-state index contributed by atoms with van der Waals surface area (Å²) in [6.07, 6.45) is 10.4. The van der Waals surface area contributed by atoms with Gasteiger partial charge in [0.2, 0.25) is 0 Å². The molecule has 2 aliphatic rings. The van der Waals surface area contributed by atoms with Crippen LogP contribution in [-0.4, -0.2) is 25.5 Å². The van der Waals surface area contributed by atoms with Gasteiger partial charge in [0.15, 0.2) is 9.84 Å². The topological polar surface area (TPSA) is 43.4 Å². The van der Waals surface area contributed by atoms with Gasteiger partial charge in [-0.05, 0) is 51.0 Å². The summed E-state index contributed by atoms with van der Waals surface area (Å²) < 4.78 is 29.1. The fourth-order valence-electron chi connectivity index (χ4n) is 2.81. The predicted molar refractivity (Wildman–Crippen MR) is 73.2 cm³/mol. The Morgan fingerprint density at radius 2 is 1.89 bits per heavy atom. The van der Waals surface area contributed by atoms with Crippen LogP contribution in [0.1, 0.15) is 58.3 Å². The zero-order valence-electron chi connectivity index (χ0n) is 11.3. The first-order valence-electron chi connectivity index (χ1n) is 7.05. The van der Waals surface area contributed by atoms with E-state index in [4.69, 9.17) is 4.74 Å². The van der Waals surface area contributed by atoms with E-state index in [-0.39, 0.29) is 0 Å². The first-order chi connectivity index (χ1) is 8.54. The molecule has 104 valence electrons. The molecule has 0 N–H and O–H groups in total. The van der Waals surface area contributed by atoms with Crippen molar-refractivity contribution in [2.45, 2.75) is 63.0 Å². The van der Waals surface area contributed by atoms with Crippen LogP contribution in [0, 0.1) is 0 Å². The number of hydrogen-bond acceptors (Lipinski definition) is 3. The highest BCUT2D eigenvalue weighted by Crippen LogP contribution is 2.31. The molecule has 2 rings (SSSR count). The van der Waals surface area contributed by atoms with Gasteiger partial charge < -0.3 is 4.74 Å². The summed E-state index contributed by atoms with van der Waals surface area (Å²) in [6.45, 7) is 2.15. The molecule has 0 amide bonds. The fourth-order valence-corrected chi connectivity index (χ4v) is 4.59. The quantitative estimate of drug-likeness (QED) is 0.741. The molecule has 0 bridgehead atoms. The lowest BCUT2D eigenvalue weighted by Gasteiger charge is -2.32. The number of hydrogen-bond donors (Lipinski definition) is 0. The highest BCUT2D eigenvalue weighted by Gasteiger charge is 2.41. The number of rotatable bonds is 3. The summed E-state index contributed by atoms with van der Waals surface area (Å²) in [4.78, 5) is 0. The SMILES string of the molecule is CC1(COC=C2CCCCC2)CCCCS1(=O)=O. The largest absolute Gasteiger partial charge is 0.500 e. The number of sulfone groups is 1. The van der Waals surface area contributed by atoms with Gasteiger partial charge in [-0.2, -0.15) is 0 Å². The third kappa shape index (κ3) is 3.08. The van der Waals surface area contributed by atoms with Crippen molar-refractivity contribution in [2.75, 3.05) is 12.4 Å². The van der Waals surface area contributed by atoms with E-state index < -0.39 is 14.6 Å². The van der Waals surface area contributed by atoms with Gasteiger partial charge in [0, 0.05) is 0 Å². The number of ether oxygens (including phenoxy) is 1. The second-order valence-electron chi connectivity index (χ2n) is 5.87. The maximum Gasteiger partial charge on any atom is 0.159 e. The van der Waals surface area contributed by atoms with Crippen LogP contribution in [0.25, 0.3) is 0 Å². The van der Waals surface area contributed by atoms with Crippen molar-refractivity contribution in [3.63, 3.8) is 0 Å². The van der Waals surface area contributed by atoms with Crippen LogP contribution < -0.4 is 0 Å². The molecular formula is C14H24O3S. The van der Waals surface area contributed by atoms with Gasteiger partial charge in [-0.1, -0.05) is 12.8 Å². The molecule has 1 saturated heterocycles. The molecule has 1 aliphatic carbocycles. The van der Waals surface area contributed by atoms with E-state index in [9.17, 15) is 8.42 Å². The van der Waals surface area contributed by atoms with Crippen LogP contribution >= 0.6 is 0 Å². The van der Waals surface area contributed by atoms with E-state index in [1.807, 2.05) is 13.2 Å². The Labute approximate surface area is 111 Å². The maximum absolute atomic E-state index is 12.1. The molecule has 1 atom stereocenters. The number of allylic oxidation sites excluding steroid dienone is 1. The summed E-state index contributed by atoms with van der Waals surface area (Å²) >= 11 is 0. The molecule has 2 fully saturated rings. The van der Waals surface area contributed by atoms with Crippen molar-refractivity contribution in [3.8, 4) is 0 Å². The molecular weight excluding hydrogens is 248 g/mol. The highest BCUT2D eigenvalue weighted by atomic mass is 32.2. The van der Waals surface area contributed by atoms with Gasteiger partial charge in [0.25, 0.3) is 0 Å². The molecule has 0 aromatic carbocycles. The monoisotopic (exact) mass is 272 g/mol. The molecule has 0 radical (unpaired) electrons. The summed E-state index contributed by atoms with van der Waals surface area (Å²) in [5, 5.41) is 0. The van der Waals surface area contributed by atoms with Crippen LogP contribution in [0.2, 0.25) is 0 Å². The van der Waals surface area contributed by atoms with Crippen LogP contribution in [0.4, 0.5) is 0 Å². The minimum Gasteiger partial charge on any atom is -0.500 e. The molecule has 1 heterocycles. The minimum atomic E-state index is -2.98. The van der Waals surface area contributed by atoms with E-state index in [1.165, 1.54) is 24.8 Å². The van der Waals surface area contributed by atoms with Gasteiger partial charge in [-0.3, -0.25) is 0 Å². The molecule has 1 aliphatic heterocycles. The van der Waals surface area contributed by atoms with Crippen molar-refractivity contribution in [1.29, 1.82) is 0 Å². The maximum atomic E-state index is 12.1. The van der Waals surface area contributed by atoms with E-state index in [1.54, 1.807) is 0 Å². The second kappa shape index (κ2) is 5.64. The summed E-state index contributed by atoms with van der Waals surface area (Å²) in [7, 11) is -2.98. The average molecular weight is 272 g/mol. The molecule has 1 unspecified atom stereocenters. The fraction of sp³-hybridized carbons (Fsp3) is 0.857. The zero-order valence-corrected chi connectivity index (χ0v) is 12.1. The van der Waals surface area contributed by atoms with Gasteiger partial charge in [-0.25, -0.2) is 8.42 Å². The first-order valence-corrected chi connectivity index (χ1v) is 8.71. The second-order valence-corrected chi connectivity index (χ2v) is 8.50. The Bertz CT molecular complexity index is 403. The smallest absolute Gasteiger partial charge is 0.159 e. The Balaban J connectivity index is 1.92. The molecule has 4 heteroatoms. The molecule has 3 nitrogen and oxygen atoms in total. The molecule has 1 saturated carbocycles. The van der Waals surface area contributed by atoms with Crippen molar-refractivity contribution in [1.82, 2.24) is 0 Å². The average Bonchev–Trinajstić information content (AvgIpc) is 2.35. The lowest BCUT2D eigenvalue weighted by molar-refractivity contribution is 0.199. The van der Waals surface area contributed by atoms with Crippen LogP contribution in [-0.2, 0) is 14.6 Å². The highest BCUT2D eigenvalue weighted by molar-refractivity contribution is 7.92. The Hall–Kier alpha value is -0.510. The third-order valence-corrected chi connectivity index (χ3v) is 6.90. The van der Waals surface area contributed by atoms with Gasteiger partial charge in [-0.15, -0.1) is 0 Å². The molecule has 0 aromatic heterocycles.